The van der Waals surface area contributed by atoms with E-state index in [-0.39, 0.29) is 5.57 Å². The second-order valence-corrected chi connectivity index (χ2v) is 3.92. The molecule has 1 heterocycles. The SMILES string of the molecule is CC(=C(C#N)C#N)c1ccc(C)s1. The van der Waals surface area contributed by atoms with Crippen LogP contribution in [0.2, 0.25) is 0 Å². The Morgan fingerprint density at radius 3 is 2.31 bits per heavy atom. The van der Waals surface area contributed by atoms with Crippen molar-refractivity contribution in [2.24, 2.45) is 0 Å². The molecular formula is C10H8N2S. The van der Waals surface area contributed by atoms with Gasteiger partial charge in [0.25, 0.3) is 0 Å². The number of nitrogens with zero attached hydrogens (tertiary/aromatic N) is 2. The van der Waals surface area contributed by atoms with Gasteiger partial charge in [-0.15, -0.1) is 11.3 Å². The van der Waals surface area contributed by atoms with E-state index >= 15 is 0 Å². The summed E-state index contributed by atoms with van der Waals surface area (Å²) in [7, 11) is 0. The average molecular weight is 188 g/mol. The van der Waals surface area contributed by atoms with Crippen LogP contribution in [-0.2, 0) is 0 Å². The molecule has 0 atom stereocenters. The van der Waals surface area contributed by atoms with Gasteiger partial charge in [-0.3, -0.25) is 0 Å². The molecule has 13 heavy (non-hydrogen) atoms. The van der Waals surface area contributed by atoms with Gasteiger partial charge in [0.15, 0.2) is 0 Å². The maximum Gasteiger partial charge on any atom is 0.133 e. The van der Waals surface area contributed by atoms with Crippen molar-refractivity contribution < 1.29 is 0 Å². The second-order valence-electron chi connectivity index (χ2n) is 2.63. The third-order valence-corrected chi connectivity index (χ3v) is 2.83. The molecule has 2 nitrogen and oxygen atoms in total. The summed E-state index contributed by atoms with van der Waals surface area (Å²) in [4.78, 5) is 2.18. The van der Waals surface area contributed by atoms with E-state index in [2.05, 4.69) is 0 Å². The molecule has 0 spiro atoms. The minimum absolute atomic E-state index is 0.196. The molecule has 0 saturated heterocycles. The van der Waals surface area contributed by atoms with Gasteiger partial charge in [0.1, 0.15) is 17.7 Å². The second kappa shape index (κ2) is 3.89. The van der Waals surface area contributed by atoms with Crippen LogP contribution in [0.3, 0.4) is 0 Å². The van der Waals surface area contributed by atoms with Crippen LogP contribution < -0.4 is 0 Å². The number of hydrogen-bond acceptors (Lipinski definition) is 3. The van der Waals surface area contributed by atoms with Crippen molar-refractivity contribution in [3.05, 3.63) is 27.5 Å². The predicted octanol–water partition coefficient (Wildman–Crippen LogP) is 2.88. The fraction of sp³-hybridized carbons (Fsp3) is 0.200. The van der Waals surface area contributed by atoms with E-state index in [1.165, 1.54) is 4.88 Å². The van der Waals surface area contributed by atoms with Crippen LogP contribution >= 0.6 is 11.3 Å². The maximum atomic E-state index is 8.64. The van der Waals surface area contributed by atoms with Crippen LogP contribution in [0.1, 0.15) is 16.7 Å². The van der Waals surface area contributed by atoms with Crippen molar-refractivity contribution in [1.29, 1.82) is 10.5 Å². The van der Waals surface area contributed by atoms with Gasteiger partial charge in [-0.05, 0) is 31.6 Å². The summed E-state index contributed by atoms with van der Waals surface area (Å²) in [5.74, 6) is 0. The molecule has 1 rings (SSSR count). The summed E-state index contributed by atoms with van der Waals surface area (Å²) in [5, 5.41) is 17.3. The first-order valence-corrected chi connectivity index (χ1v) is 4.58. The summed E-state index contributed by atoms with van der Waals surface area (Å²) in [6.07, 6.45) is 0. The van der Waals surface area contributed by atoms with Gasteiger partial charge < -0.3 is 0 Å². The van der Waals surface area contributed by atoms with E-state index in [1.54, 1.807) is 18.3 Å². The topological polar surface area (TPSA) is 47.6 Å². The van der Waals surface area contributed by atoms with E-state index in [0.29, 0.717) is 0 Å². The molecule has 0 aliphatic heterocycles. The first kappa shape index (κ1) is 9.51. The summed E-state index contributed by atoms with van der Waals surface area (Å²) >= 11 is 1.59. The predicted molar refractivity (Wildman–Crippen MR) is 52.9 cm³/mol. The number of hydrogen-bond donors (Lipinski definition) is 0. The first-order chi connectivity index (χ1) is 6.19. The number of thiophene rings is 1. The van der Waals surface area contributed by atoms with Gasteiger partial charge in [0, 0.05) is 9.75 Å². The number of allylic oxidation sites excluding steroid dienone is 2. The number of nitriles is 2. The van der Waals surface area contributed by atoms with E-state index in [0.717, 1.165) is 10.5 Å². The van der Waals surface area contributed by atoms with Crippen LogP contribution in [0.4, 0.5) is 0 Å². The van der Waals surface area contributed by atoms with Crippen molar-refractivity contribution in [2.75, 3.05) is 0 Å². The standard InChI is InChI=1S/C10H8N2S/c1-7-3-4-10(13-7)8(2)9(5-11)6-12/h3-4H,1-2H3. The van der Waals surface area contributed by atoms with Crippen LogP contribution in [0.15, 0.2) is 17.7 Å². The largest absolute Gasteiger partial charge is 0.192 e. The summed E-state index contributed by atoms with van der Waals surface area (Å²) in [6.45, 7) is 3.80. The summed E-state index contributed by atoms with van der Waals surface area (Å²) < 4.78 is 0. The minimum atomic E-state index is 0.196. The van der Waals surface area contributed by atoms with Gasteiger partial charge in [-0.25, -0.2) is 0 Å². The lowest BCUT2D eigenvalue weighted by Crippen LogP contribution is -1.79. The molecule has 1 aromatic rings. The molecule has 0 aliphatic rings. The molecule has 64 valence electrons. The Kier molecular flexibility index (Phi) is 2.84. The Morgan fingerprint density at radius 1 is 1.31 bits per heavy atom. The molecule has 0 saturated carbocycles. The summed E-state index contributed by atoms with van der Waals surface area (Å²) in [6, 6.07) is 7.69. The molecule has 0 amide bonds. The van der Waals surface area contributed by atoms with Gasteiger partial charge in [-0.2, -0.15) is 10.5 Å². The van der Waals surface area contributed by atoms with Crippen LogP contribution in [-0.4, -0.2) is 0 Å². The molecule has 0 aromatic carbocycles. The third kappa shape index (κ3) is 1.96. The Labute approximate surface area is 81.4 Å². The normalized spacial score (nSPS) is 8.62. The maximum absolute atomic E-state index is 8.64. The Bertz CT molecular complexity index is 411. The number of aryl methyl sites for hydroxylation is 1. The van der Waals surface area contributed by atoms with Crippen molar-refractivity contribution in [1.82, 2.24) is 0 Å². The molecule has 0 bridgehead atoms. The van der Waals surface area contributed by atoms with E-state index in [4.69, 9.17) is 10.5 Å². The smallest absolute Gasteiger partial charge is 0.133 e. The van der Waals surface area contributed by atoms with Gasteiger partial charge in [0.2, 0.25) is 0 Å². The Hall–Kier alpha value is -1.58. The van der Waals surface area contributed by atoms with Crippen LogP contribution in [0, 0.1) is 29.6 Å². The first-order valence-electron chi connectivity index (χ1n) is 3.77. The van der Waals surface area contributed by atoms with E-state index < -0.39 is 0 Å². The molecule has 0 N–H and O–H groups in total. The highest BCUT2D eigenvalue weighted by atomic mass is 32.1. The fourth-order valence-corrected chi connectivity index (χ4v) is 1.83. The zero-order valence-electron chi connectivity index (χ0n) is 7.46. The third-order valence-electron chi connectivity index (χ3n) is 1.71. The molecule has 0 fully saturated rings. The highest BCUT2D eigenvalue weighted by Gasteiger charge is 2.05. The van der Waals surface area contributed by atoms with Crippen molar-refractivity contribution in [2.45, 2.75) is 13.8 Å². The van der Waals surface area contributed by atoms with Crippen LogP contribution in [0.5, 0.6) is 0 Å². The monoisotopic (exact) mass is 188 g/mol. The lowest BCUT2D eigenvalue weighted by molar-refractivity contribution is 1.45. The minimum Gasteiger partial charge on any atom is -0.192 e. The number of rotatable bonds is 1. The molecule has 1 aromatic heterocycles. The highest BCUT2D eigenvalue weighted by molar-refractivity contribution is 7.13. The quantitative estimate of drug-likeness (QED) is 0.636. The Morgan fingerprint density at radius 2 is 1.92 bits per heavy atom. The molecule has 0 aliphatic carbocycles. The van der Waals surface area contributed by atoms with Crippen LogP contribution in [0.25, 0.3) is 5.57 Å². The fourth-order valence-electron chi connectivity index (χ4n) is 0.952. The van der Waals surface area contributed by atoms with Crippen molar-refractivity contribution >= 4 is 16.9 Å². The van der Waals surface area contributed by atoms with Gasteiger partial charge >= 0.3 is 0 Å². The zero-order valence-corrected chi connectivity index (χ0v) is 8.27. The molecule has 0 unspecified atom stereocenters. The highest BCUT2D eigenvalue weighted by Crippen LogP contribution is 2.25. The molecular weight excluding hydrogens is 180 g/mol. The van der Waals surface area contributed by atoms with Gasteiger partial charge in [-0.1, -0.05) is 0 Å². The lowest BCUT2D eigenvalue weighted by atomic mass is 10.1. The van der Waals surface area contributed by atoms with Crippen molar-refractivity contribution in [3.63, 3.8) is 0 Å². The average Bonchev–Trinajstić information content (AvgIpc) is 2.54. The summed E-state index contributed by atoms with van der Waals surface area (Å²) in [5.41, 5.74) is 0.963. The molecule has 0 radical (unpaired) electrons. The Balaban J connectivity index is 3.19. The van der Waals surface area contributed by atoms with E-state index in [9.17, 15) is 0 Å². The van der Waals surface area contributed by atoms with Crippen molar-refractivity contribution in [3.8, 4) is 12.1 Å². The zero-order chi connectivity index (χ0) is 9.84. The van der Waals surface area contributed by atoms with Gasteiger partial charge in [0.05, 0.1) is 0 Å². The lowest BCUT2D eigenvalue weighted by Gasteiger charge is -1.94. The van der Waals surface area contributed by atoms with E-state index in [1.807, 2.05) is 31.2 Å². The molecule has 3 heteroatoms.